The number of methoxy groups -OCH3 is 1. The lowest BCUT2D eigenvalue weighted by Gasteiger charge is -2.11. The van der Waals surface area contributed by atoms with Crippen molar-refractivity contribution in [3.05, 3.63) is 65.4 Å². The summed E-state index contributed by atoms with van der Waals surface area (Å²) in [5, 5.41) is 1.23. The fourth-order valence-electron chi connectivity index (χ4n) is 3.20. The molecule has 0 aliphatic carbocycles. The van der Waals surface area contributed by atoms with E-state index in [1.165, 1.54) is 10.5 Å². The zero-order valence-corrected chi connectivity index (χ0v) is 16.5. The fourth-order valence-corrected chi connectivity index (χ4v) is 4.96. The van der Waals surface area contributed by atoms with Gasteiger partial charge in [0.25, 0.3) is 0 Å². The van der Waals surface area contributed by atoms with Crippen molar-refractivity contribution in [1.82, 2.24) is 4.98 Å². The summed E-state index contributed by atoms with van der Waals surface area (Å²) in [4.78, 5) is 5.70. The van der Waals surface area contributed by atoms with Gasteiger partial charge in [-0.05, 0) is 29.7 Å². The van der Waals surface area contributed by atoms with Crippen LogP contribution in [0.15, 0.2) is 53.4 Å². The highest BCUT2D eigenvalue weighted by Crippen LogP contribution is 2.46. The minimum atomic E-state index is -0.418. The molecule has 1 aliphatic rings. The van der Waals surface area contributed by atoms with Gasteiger partial charge in [-0.3, -0.25) is 0 Å². The summed E-state index contributed by atoms with van der Waals surface area (Å²) >= 11 is 14.1. The van der Waals surface area contributed by atoms with E-state index in [1.54, 1.807) is 18.9 Å². The van der Waals surface area contributed by atoms with Gasteiger partial charge in [0.1, 0.15) is 16.1 Å². The maximum absolute atomic E-state index is 6.19. The second kappa shape index (κ2) is 7.51. The molecule has 1 aromatic heterocycles. The number of benzene rings is 2. The van der Waals surface area contributed by atoms with Crippen LogP contribution in [0.5, 0.6) is 5.75 Å². The Bertz CT molecular complexity index is 973. The molecule has 1 aliphatic heterocycles. The Hall–Kier alpha value is -1.68. The van der Waals surface area contributed by atoms with Crippen molar-refractivity contribution in [1.29, 1.82) is 0 Å². The van der Waals surface area contributed by atoms with E-state index in [0.29, 0.717) is 0 Å². The van der Waals surface area contributed by atoms with Crippen LogP contribution in [0, 0.1) is 0 Å². The summed E-state index contributed by atoms with van der Waals surface area (Å²) < 4.78 is 5.53. The van der Waals surface area contributed by atoms with Crippen molar-refractivity contribution in [2.45, 2.75) is 21.4 Å². The Balaban J connectivity index is 1.87. The Morgan fingerprint density at radius 2 is 1.92 bits per heavy atom. The standard InChI is InChI=1S/C21H17Cl2NOS/c1-25-17-9-5-8-14-19(17)24-16(11-10-13-6-3-2-4-7-13)15-12-18(21(22)23)26-20(14)15/h2-11,18,21H,12H2,1H3. The van der Waals surface area contributed by atoms with Crippen molar-refractivity contribution < 1.29 is 4.74 Å². The number of alkyl halides is 2. The highest BCUT2D eigenvalue weighted by Gasteiger charge is 2.31. The first-order valence-corrected chi connectivity index (χ1v) is 10.1. The van der Waals surface area contributed by atoms with Gasteiger partial charge in [0.2, 0.25) is 0 Å². The minimum Gasteiger partial charge on any atom is -0.494 e. The van der Waals surface area contributed by atoms with Crippen molar-refractivity contribution in [3.63, 3.8) is 0 Å². The van der Waals surface area contributed by atoms with Crippen LogP contribution in [0.25, 0.3) is 23.1 Å². The molecule has 1 unspecified atom stereocenters. The molecule has 0 saturated carbocycles. The molecule has 132 valence electrons. The van der Waals surface area contributed by atoms with E-state index in [2.05, 4.69) is 30.4 Å². The maximum atomic E-state index is 6.19. The Kier molecular flexibility index (Phi) is 5.12. The third kappa shape index (κ3) is 3.32. The molecule has 3 aromatic rings. The van der Waals surface area contributed by atoms with Crippen LogP contribution in [-0.4, -0.2) is 22.2 Å². The predicted octanol–water partition coefficient (Wildman–Crippen LogP) is 6.23. The number of hydrogen-bond acceptors (Lipinski definition) is 3. The minimum absolute atomic E-state index is 0.135. The first-order chi connectivity index (χ1) is 12.7. The van der Waals surface area contributed by atoms with Crippen LogP contribution in [-0.2, 0) is 6.42 Å². The Morgan fingerprint density at radius 1 is 1.12 bits per heavy atom. The predicted molar refractivity (Wildman–Crippen MR) is 113 cm³/mol. The molecule has 1 atom stereocenters. The van der Waals surface area contributed by atoms with Crippen LogP contribution < -0.4 is 4.74 Å². The summed E-state index contributed by atoms with van der Waals surface area (Å²) in [5.74, 6) is 0.775. The van der Waals surface area contributed by atoms with E-state index in [-0.39, 0.29) is 5.25 Å². The monoisotopic (exact) mass is 401 g/mol. The second-order valence-corrected chi connectivity index (χ2v) is 8.51. The number of thioether (sulfide) groups is 1. The molecule has 26 heavy (non-hydrogen) atoms. The highest BCUT2D eigenvalue weighted by molar-refractivity contribution is 8.00. The molecule has 0 N–H and O–H groups in total. The molecule has 2 heterocycles. The van der Waals surface area contributed by atoms with Gasteiger partial charge in [0.05, 0.1) is 12.8 Å². The molecule has 0 amide bonds. The summed E-state index contributed by atoms with van der Waals surface area (Å²) in [6, 6.07) is 16.2. The molecule has 4 rings (SSSR count). The van der Waals surface area contributed by atoms with Gasteiger partial charge in [0, 0.05) is 15.5 Å². The SMILES string of the molecule is COc1cccc2c3c(c(C=Cc4ccccc4)nc12)CC(C(Cl)Cl)S3. The zero-order chi connectivity index (χ0) is 18.1. The molecule has 0 bridgehead atoms. The van der Waals surface area contributed by atoms with Gasteiger partial charge in [-0.1, -0.05) is 48.5 Å². The van der Waals surface area contributed by atoms with Gasteiger partial charge >= 0.3 is 0 Å². The molecular formula is C21H17Cl2NOS. The van der Waals surface area contributed by atoms with E-state index >= 15 is 0 Å². The second-order valence-electron chi connectivity index (χ2n) is 6.10. The highest BCUT2D eigenvalue weighted by atomic mass is 35.5. The Morgan fingerprint density at radius 3 is 2.65 bits per heavy atom. The van der Waals surface area contributed by atoms with Gasteiger partial charge in [-0.15, -0.1) is 35.0 Å². The number of fused-ring (bicyclic) bond motifs is 3. The third-order valence-electron chi connectivity index (χ3n) is 4.47. The average Bonchev–Trinajstić information content (AvgIpc) is 3.12. The van der Waals surface area contributed by atoms with Gasteiger partial charge in [-0.25, -0.2) is 4.98 Å². The first-order valence-electron chi connectivity index (χ1n) is 8.35. The Labute approximate surface area is 167 Å². The summed E-state index contributed by atoms with van der Waals surface area (Å²) in [6.07, 6.45) is 4.97. The molecule has 0 saturated heterocycles. The largest absolute Gasteiger partial charge is 0.494 e. The lowest BCUT2D eigenvalue weighted by molar-refractivity contribution is 0.419. The molecule has 2 aromatic carbocycles. The van der Waals surface area contributed by atoms with Crippen LogP contribution in [0.3, 0.4) is 0 Å². The third-order valence-corrected chi connectivity index (χ3v) is 6.82. The number of rotatable bonds is 4. The molecule has 0 fully saturated rings. The molecular weight excluding hydrogens is 385 g/mol. The van der Waals surface area contributed by atoms with Crippen molar-refractivity contribution in [2.75, 3.05) is 7.11 Å². The van der Waals surface area contributed by atoms with Crippen molar-refractivity contribution in [2.24, 2.45) is 0 Å². The van der Waals surface area contributed by atoms with Crippen LogP contribution in [0.2, 0.25) is 0 Å². The van der Waals surface area contributed by atoms with Crippen molar-refractivity contribution >= 4 is 58.0 Å². The number of halogens is 2. The smallest absolute Gasteiger partial charge is 0.145 e. The average molecular weight is 402 g/mol. The normalized spacial score (nSPS) is 16.5. The molecule has 5 heteroatoms. The van der Waals surface area contributed by atoms with Crippen LogP contribution >= 0.6 is 35.0 Å². The van der Waals surface area contributed by atoms with E-state index in [9.17, 15) is 0 Å². The van der Waals surface area contributed by atoms with Crippen LogP contribution in [0.4, 0.5) is 0 Å². The van der Waals surface area contributed by atoms with E-state index in [1.807, 2.05) is 30.3 Å². The quantitative estimate of drug-likeness (QED) is 0.483. The van der Waals surface area contributed by atoms with E-state index in [4.69, 9.17) is 32.9 Å². The van der Waals surface area contributed by atoms with Gasteiger partial charge in [-0.2, -0.15) is 0 Å². The topological polar surface area (TPSA) is 22.1 Å². The number of para-hydroxylation sites is 1. The summed E-state index contributed by atoms with van der Waals surface area (Å²) in [7, 11) is 1.67. The molecule has 0 radical (unpaired) electrons. The number of aromatic nitrogens is 1. The molecule has 2 nitrogen and oxygen atoms in total. The zero-order valence-electron chi connectivity index (χ0n) is 14.2. The summed E-state index contributed by atoms with van der Waals surface area (Å²) in [6.45, 7) is 0. The molecule has 0 spiro atoms. The first kappa shape index (κ1) is 17.7. The number of ether oxygens (including phenoxy) is 1. The fraction of sp³-hybridized carbons (Fsp3) is 0.190. The van der Waals surface area contributed by atoms with Gasteiger partial charge < -0.3 is 4.74 Å². The van der Waals surface area contributed by atoms with Crippen molar-refractivity contribution in [3.8, 4) is 5.75 Å². The van der Waals surface area contributed by atoms with E-state index < -0.39 is 4.84 Å². The summed E-state index contributed by atoms with van der Waals surface area (Å²) in [5.41, 5.74) is 4.16. The number of pyridine rings is 1. The maximum Gasteiger partial charge on any atom is 0.145 e. The van der Waals surface area contributed by atoms with E-state index in [0.717, 1.165) is 34.3 Å². The number of nitrogens with zero attached hydrogens (tertiary/aromatic N) is 1. The van der Waals surface area contributed by atoms with Crippen LogP contribution in [0.1, 0.15) is 16.8 Å². The lowest BCUT2D eigenvalue weighted by atomic mass is 10.0. The van der Waals surface area contributed by atoms with Gasteiger partial charge in [0.15, 0.2) is 0 Å². The lowest BCUT2D eigenvalue weighted by Crippen LogP contribution is -2.10. The number of hydrogen-bond donors (Lipinski definition) is 0.